The highest BCUT2D eigenvalue weighted by atomic mass is 127. The van der Waals surface area contributed by atoms with Crippen molar-refractivity contribution in [1.29, 1.82) is 0 Å². The number of benzene rings is 1. The minimum atomic E-state index is 0. The van der Waals surface area contributed by atoms with Gasteiger partial charge in [0.15, 0.2) is 5.96 Å². The van der Waals surface area contributed by atoms with Crippen LogP contribution in [-0.2, 0) is 4.79 Å². The molecule has 0 aliphatic carbocycles. The molecule has 1 saturated heterocycles. The summed E-state index contributed by atoms with van der Waals surface area (Å²) >= 11 is 0. The Bertz CT molecular complexity index is 681. The van der Waals surface area contributed by atoms with Gasteiger partial charge in [-0.1, -0.05) is 25.1 Å². The van der Waals surface area contributed by atoms with Crippen molar-refractivity contribution in [3.05, 3.63) is 29.8 Å². The molecule has 2 aliphatic heterocycles. The Kier molecular flexibility index (Phi) is 10.2. The van der Waals surface area contributed by atoms with E-state index in [0.29, 0.717) is 13.0 Å². The van der Waals surface area contributed by atoms with Crippen molar-refractivity contribution in [3.63, 3.8) is 0 Å². The quantitative estimate of drug-likeness (QED) is 0.226. The number of para-hydroxylation sites is 1. The van der Waals surface area contributed by atoms with Crippen molar-refractivity contribution in [2.75, 3.05) is 44.6 Å². The van der Waals surface area contributed by atoms with Crippen LogP contribution >= 0.6 is 24.0 Å². The molecule has 0 spiro atoms. The number of nitrogens with one attached hydrogen (secondary N) is 3. The van der Waals surface area contributed by atoms with E-state index in [-0.39, 0.29) is 35.8 Å². The summed E-state index contributed by atoms with van der Waals surface area (Å²) in [5.41, 5.74) is 2.11. The van der Waals surface area contributed by atoms with E-state index in [1.807, 2.05) is 18.2 Å². The van der Waals surface area contributed by atoms with Crippen LogP contribution in [0.15, 0.2) is 29.3 Å². The third-order valence-corrected chi connectivity index (χ3v) is 5.61. The molecule has 3 rings (SSSR count). The number of amides is 1. The molecule has 0 bridgehead atoms. The van der Waals surface area contributed by atoms with E-state index in [1.165, 1.54) is 31.5 Å². The number of fused-ring (bicyclic) bond motifs is 1. The maximum Gasteiger partial charge on any atom is 0.225 e. The highest BCUT2D eigenvalue weighted by Crippen LogP contribution is 2.31. The van der Waals surface area contributed by atoms with Crippen LogP contribution in [-0.4, -0.2) is 56.0 Å². The average molecular weight is 513 g/mol. The van der Waals surface area contributed by atoms with E-state index in [4.69, 9.17) is 4.99 Å². The lowest BCUT2D eigenvalue weighted by atomic mass is 9.91. The van der Waals surface area contributed by atoms with Crippen LogP contribution < -0.4 is 16.0 Å². The molecule has 0 saturated carbocycles. The standard InChI is InChI=1S/C22H35N5O.HI/c1-3-23-22(24-11-7-13-27-12-6-8-17(2)16-27)25-15-18-14-21(28)26-20-10-5-4-9-19(18)20;/h4-5,9-10,17-18H,3,6-8,11-16H2,1-2H3,(H,26,28)(H2,23,24,25);1H. The SMILES string of the molecule is CCNC(=NCC1CC(=O)Nc2ccccc21)NCCCN1CCCC(C)C1.I. The van der Waals surface area contributed by atoms with Gasteiger partial charge in [-0.15, -0.1) is 24.0 Å². The van der Waals surface area contributed by atoms with Crippen LogP contribution in [0.3, 0.4) is 0 Å². The minimum Gasteiger partial charge on any atom is -0.357 e. The largest absolute Gasteiger partial charge is 0.357 e. The van der Waals surface area contributed by atoms with Gasteiger partial charge in [-0.3, -0.25) is 9.79 Å². The molecule has 1 fully saturated rings. The number of hydrogen-bond donors (Lipinski definition) is 3. The van der Waals surface area contributed by atoms with Crippen molar-refractivity contribution >= 4 is 41.5 Å². The summed E-state index contributed by atoms with van der Waals surface area (Å²) in [5.74, 6) is 1.89. The Morgan fingerprint density at radius 2 is 2.14 bits per heavy atom. The Hall–Kier alpha value is -1.35. The second kappa shape index (κ2) is 12.4. The molecule has 29 heavy (non-hydrogen) atoms. The number of carbonyl (C=O) groups is 1. The van der Waals surface area contributed by atoms with Crippen molar-refractivity contribution in [3.8, 4) is 0 Å². The zero-order chi connectivity index (χ0) is 19.8. The molecule has 2 heterocycles. The summed E-state index contributed by atoms with van der Waals surface area (Å²) in [5, 5.41) is 9.74. The van der Waals surface area contributed by atoms with E-state index in [2.05, 4.69) is 40.8 Å². The Labute approximate surface area is 192 Å². The van der Waals surface area contributed by atoms with Gasteiger partial charge in [0.2, 0.25) is 5.91 Å². The van der Waals surface area contributed by atoms with Gasteiger partial charge in [0, 0.05) is 37.7 Å². The fraction of sp³-hybridized carbons (Fsp3) is 0.636. The lowest BCUT2D eigenvalue weighted by Crippen LogP contribution is -2.40. The first-order valence-electron chi connectivity index (χ1n) is 10.8. The van der Waals surface area contributed by atoms with Crippen molar-refractivity contribution in [2.45, 2.75) is 45.4 Å². The number of guanidine groups is 1. The summed E-state index contributed by atoms with van der Waals surface area (Å²) < 4.78 is 0. The number of anilines is 1. The lowest BCUT2D eigenvalue weighted by molar-refractivity contribution is -0.116. The molecule has 3 N–H and O–H groups in total. The van der Waals surface area contributed by atoms with E-state index in [1.54, 1.807) is 0 Å². The maximum atomic E-state index is 12.0. The summed E-state index contributed by atoms with van der Waals surface area (Å²) in [4.78, 5) is 19.3. The van der Waals surface area contributed by atoms with E-state index >= 15 is 0 Å². The van der Waals surface area contributed by atoms with Crippen LogP contribution in [0.4, 0.5) is 5.69 Å². The molecular weight excluding hydrogens is 477 g/mol. The van der Waals surface area contributed by atoms with Gasteiger partial charge in [0.05, 0.1) is 6.54 Å². The van der Waals surface area contributed by atoms with E-state index in [0.717, 1.165) is 43.6 Å². The topological polar surface area (TPSA) is 68.8 Å². The van der Waals surface area contributed by atoms with Crippen LogP contribution in [0.2, 0.25) is 0 Å². The van der Waals surface area contributed by atoms with Crippen LogP contribution in [0.25, 0.3) is 0 Å². The summed E-state index contributed by atoms with van der Waals surface area (Å²) in [7, 11) is 0. The second-order valence-corrected chi connectivity index (χ2v) is 8.08. The number of piperidine rings is 1. The molecule has 2 atom stereocenters. The van der Waals surface area contributed by atoms with Gasteiger partial charge in [-0.2, -0.15) is 0 Å². The molecule has 7 heteroatoms. The molecule has 2 unspecified atom stereocenters. The Morgan fingerprint density at radius 1 is 1.31 bits per heavy atom. The van der Waals surface area contributed by atoms with Crippen LogP contribution in [0.1, 0.15) is 51.0 Å². The Morgan fingerprint density at radius 3 is 2.93 bits per heavy atom. The number of hydrogen-bond acceptors (Lipinski definition) is 3. The van der Waals surface area contributed by atoms with Crippen molar-refractivity contribution in [2.24, 2.45) is 10.9 Å². The normalized spacial score (nSPS) is 22.3. The molecule has 1 amide bonds. The first-order chi connectivity index (χ1) is 13.7. The third-order valence-electron chi connectivity index (χ3n) is 5.61. The molecule has 6 nitrogen and oxygen atoms in total. The molecular formula is C22H36IN5O. The lowest BCUT2D eigenvalue weighted by Gasteiger charge is -2.30. The molecule has 2 aliphatic rings. The van der Waals surface area contributed by atoms with Gasteiger partial charge < -0.3 is 20.9 Å². The fourth-order valence-electron chi connectivity index (χ4n) is 4.21. The van der Waals surface area contributed by atoms with Crippen molar-refractivity contribution in [1.82, 2.24) is 15.5 Å². The van der Waals surface area contributed by atoms with E-state index < -0.39 is 0 Å². The average Bonchev–Trinajstić information content (AvgIpc) is 2.69. The summed E-state index contributed by atoms with van der Waals surface area (Å²) in [6.07, 6.45) is 4.31. The highest BCUT2D eigenvalue weighted by Gasteiger charge is 2.24. The summed E-state index contributed by atoms with van der Waals surface area (Å²) in [6, 6.07) is 8.04. The number of likely N-dealkylation sites (tertiary alicyclic amines) is 1. The third kappa shape index (κ3) is 7.44. The number of nitrogens with zero attached hydrogens (tertiary/aromatic N) is 2. The zero-order valence-electron chi connectivity index (χ0n) is 17.7. The maximum absolute atomic E-state index is 12.0. The number of halogens is 1. The van der Waals surface area contributed by atoms with Gasteiger partial charge in [-0.05, 0) is 56.8 Å². The van der Waals surface area contributed by atoms with Gasteiger partial charge >= 0.3 is 0 Å². The highest BCUT2D eigenvalue weighted by molar-refractivity contribution is 14.0. The molecule has 1 aromatic carbocycles. The molecule has 1 aromatic rings. The smallest absolute Gasteiger partial charge is 0.225 e. The number of aliphatic imine (C=N–C) groups is 1. The second-order valence-electron chi connectivity index (χ2n) is 8.08. The van der Waals surface area contributed by atoms with Gasteiger partial charge in [0.1, 0.15) is 0 Å². The minimum absolute atomic E-state index is 0. The van der Waals surface area contributed by atoms with Crippen LogP contribution in [0, 0.1) is 5.92 Å². The van der Waals surface area contributed by atoms with Gasteiger partial charge in [-0.25, -0.2) is 0 Å². The molecule has 162 valence electrons. The first kappa shape index (κ1) is 23.9. The van der Waals surface area contributed by atoms with Gasteiger partial charge in [0.25, 0.3) is 0 Å². The van der Waals surface area contributed by atoms with Crippen LogP contribution in [0.5, 0.6) is 0 Å². The Balaban J connectivity index is 0.00000300. The first-order valence-corrected chi connectivity index (χ1v) is 10.8. The zero-order valence-corrected chi connectivity index (χ0v) is 20.1. The summed E-state index contributed by atoms with van der Waals surface area (Å²) in [6.45, 7) is 10.4. The number of carbonyl (C=O) groups excluding carboxylic acids is 1. The molecule has 0 aromatic heterocycles. The predicted octanol–water partition coefficient (Wildman–Crippen LogP) is 3.41. The van der Waals surface area contributed by atoms with Crippen molar-refractivity contribution < 1.29 is 4.79 Å². The monoisotopic (exact) mass is 513 g/mol. The predicted molar refractivity (Wildman–Crippen MR) is 131 cm³/mol. The number of rotatable bonds is 7. The molecule has 0 radical (unpaired) electrons. The van der Waals surface area contributed by atoms with E-state index in [9.17, 15) is 4.79 Å². The fourth-order valence-corrected chi connectivity index (χ4v) is 4.21.